The van der Waals surface area contributed by atoms with Crippen molar-refractivity contribution in [3.63, 3.8) is 0 Å². The Morgan fingerprint density at radius 2 is 2.11 bits per heavy atom. The second-order valence-corrected chi connectivity index (χ2v) is 5.05. The van der Waals surface area contributed by atoms with Gasteiger partial charge in [-0.05, 0) is 32.0 Å². The van der Waals surface area contributed by atoms with Gasteiger partial charge in [-0.3, -0.25) is 4.79 Å². The van der Waals surface area contributed by atoms with E-state index in [0.29, 0.717) is 23.1 Å². The molecule has 1 aromatic carbocycles. The lowest BCUT2D eigenvalue weighted by Gasteiger charge is -2.38. The van der Waals surface area contributed by atoms with Gasteiger partial charge < -0.3 is 19.7 Å². The number of amides is 1. The van der Waals surface area contributed by atoms with Gasteiger partial charge in [0.05, 0.1) is 0 Å². The number of carbonyl (C=O) groups is 1. The first-order valence-electron chi connectivity index (χ1n) is 6.61. The van der Waals surface area contributed by atoms with Crippen LogP contribution in [-0.2, 0) is 0 Å². The third kappa shape index (κ3) is 2.14. The highest BCUT2D eigenvalue weighted by Gasteiger charge is 2.29. The second kappa shape index (κ2) is 4.74. The number of hydrogen-bond donors (Lipinski definition) is 1. The molecule has 0 spiro atoms. The maximum atomic E-state index is 12.6. The van der Waals surface area contributed by atoms with Crippen LogP contribution in [0.25, 0.3) is 0 Å². The largest absolute Gasteiger partial charge is 0.454 e. The summed E-state index contributed by atoms with van der Waals surface area (Å²) in [6, 6.07) is 5.86. The Hall–Kier alpha value is -1.75. The number of fused-ring (bicyclic) bond motifs is 1. The first-order chi connectivity index (χ1) is 9.16. The molecule has 3 rings (SSSR count). The van der Waals surface area contributed by atoms with Gasteiger partial charge >= 0.3 is 0 Å². The zero-order valence-electron chi connectivity index (χ0n) is 11.2. The van der Waals surface area contributed by atoms with Crippen LogP contribution < -0.4 is 14.8 Å². The van der Waals surface area contributed by atoms with Crippen molar-refractivity contribution < 1.29 is 14.3 Å². The molecule has 19 heavy (non-hydrogen) atoms. The summed E-state index contributed by atoms with van der Waals surface area (Å²) in [7, 11) is 0. The quantitative estimate of drug-likeness (QED) is 0.827. The van der Waals surface area contributed by atoms with Crippen molar-refractivity contribution >= 4 is 5.91 Å². The summed E-state index contributed by atoms with van der Waals surface area (Å²) in [6.45, 7) is 5.97. The summed E-state index contributed by atoms with van der Waals surface area (Å²) in [5, 5.41) is 3.37. The van der Waals surface area contributed by atoms with Gasteiger partial charge in [0.25, 0.3) is 5.91 Å². The molecule has 1 aromatic rings. The van der Waals surface area contributed by atoms with Crippen LogP contribution in [0, 0.1) is 0 Å². The predicted molar refractivity (Wildman–Crippen MR) is 70.5 cm³/mol. The van der Waals surface area contributed by atoms with Crippen molar-refractivity contribution in [2.75, 3.05) is 19.9 Å². The summed E-state index contributed by atoms with van der Waals surface area (Å²) in [5.41, 5.74) is 0.658. The molecule has 0 radical (unpaired) electrons. The van der Waals surface area contributed by atoms with Crippen molar-refractivity contribution in [2.45, 2.75) is 25.9 Å². The molecule has 1 amide bonds. The number of benzene rings is 1. The van der Waals surface area contributed by atoms with Crippen molar-refractivity contribution in [1.29, 1.82) is 0 Å². The topological polar surface area (TPSA) is 50.8 Å². The first-order valence-corrected chi connectivity index (χ1v) is 6.61. The van der Waals surface area contributed by atoms with Crippen molar-refractivity contribution in [2.24, 2.45) is 0 Å². The van der Waals surface area contributed by atoms with E-state index in [1.54, 1.807) is 18.2 Å². The molecule has 1 N–H and O–H groups in total. The summed E-state index contributed by atoms with van der Waals surface area (Å²) in [4.78, 5) is 14.5. The lowest BCUT2D eigenvalue weighted by atomic mass is 10.1. The molecule has 0 bridgehead atoms. The highest BCUT2D eigenvalue weighted by atomic mass is 16.7. The third-order valence-corrected chi connectivity index (χ3v) is 3.91. The van der Waals surface area contributed by atoms with E-state index in [2.05, 4.69) is 19.2 Å². The van der Waals surface area contributed by atoms with Crippen LogP contribution in [0.4, 0.5) is 0 Å². The van der Waals surface area contributed by atoms with Crippen molar-refractivity contribution in [3.05, 3.63) is 23.8 Å². The maximum Gasteiger partial charge on any atom is 0.254 e. The first kappa shape index (κ1) is 12.3. The van der Waals surface area contributed by atoms with Crippen LogP contribution in [0.1, 0.15) is 24.2 Å². The predicted octanol–water partition coefficient (Wildman–Crippen LogP) is 1.24. The molecule has 0 aromatic heterocycles. The van der Waals surface area contributed by atoms with E-state index in [1.165, 1.54) is 0 Å². The van der Waals surface area contributed by atoms with Crippen LogP contribution in [0.2, 0.25) is 0 Å². The molecule has 5 nitrogen and oxygen atoms in total. The Bertz CT molecular complexity index is 503. The van der Waals surface area contributed by atoms with Gasteiger partial charge in [-0.1, -0.05) is 0 Å². The Morgan fingerprint density at radius 3 is 2.95 bits per heavy atom. The maximum absolute atomic E-state index is 12.6. The van der Waals surface area contributed by atoms with Gasteiger partial charge in [-0.15, -0.1) is 0 Å². The normalized spacial score (nSPS) is 25.5. The Kier molecular flexibility index (Phi) is 3.06. The van der Waals surface area contributed by atoms with E-state index >= 15 is 0 Å². The highest BCUT2D eigenvalue weighted by molar-refractivity contribution is 5.95. The lowest BCUT2D eigenvalue weighted by molar-refractivity contribution is 0.0602. The smallest absolute Gasteiger partial charge is 0.254 e. The van der Waals surface area contributed by atoms with Gasteiger partial charge in [0.2, 0.25) is 6.79 Å². The number of nitrogens with one attached hydrogen (secondary N) is 1. The van der Waals surface area contributed by atoms with Crippen LogP contribution in [-0.4, -0.2) is 42.8 Å². The van der Waals surface area contributed by atoms with Crippen LogP contribution in [0.15, 0.2) is 18.2 Å². The number of rotatable bonds is 1. The summed E-state index contributed by atoms with van der Waals surface area (Å²) >= 11 is 0. The molecule has 0 saturated carbocycles. The van der Waals surface area contributed by atoms with E-state index in [0.717, 1.165) is 13.1 Å². The van der Waals surface area contributed by atoms with Gasteiger partial charge in [0.15, 0.2) is 11.5 Å². The highest BCUT2D eigenvalue weighted by Crippen LogP contribution is 2.33. The molecular formula is C14H18N2O3. The fourth-order valence-electron chi connectivity index (χ4n) is 2.54. The molecule has 2 heterocycles. The summed E-state index contributed by atoms with van der Waals surface area (Å²) in [6.07, 6.45) is 0. The third-order valence-electron chi connectivity index (χ3n) is 3.91. The number of carbonyl (C=O) groups excluding carboxylic acids is 1. The fourth-order valence-corrected chi connectivity index (χ4v) is 2.54. The van der Waals surface area contributed by atoms with Crippen molar-refractivity contribution in [1.82, 2.24) is 10.2 Å². The fraction of sp³-hybridized carbons (Fsp3) is 0.500. The monoisotopic (exact) mass is 262 g/mol. The number of piperazine rings is 1. The minimum atomic E-state index is 0.0548. The zero-order valence-corrected chi connectivity index (χ0v) is 11.2. The lowest BCUT2D eigenvalue weighted by Crippen LogP contribution is -2.57. The Morgan fingerprint density at radius 1 is 1.32 bits per heavy atom. The summed E-state index contributed by atoms with van der Waals surface area (Å²) < 4.78 is 10.6. The van der Waals surface area contributed by atoms with E-state index in [4.69, 9.17) is 9.47 Å². The molecular weight excluding hydrogens is 244 g/mol. The average molecular weight is 262 g/mol. The zero-order chi connectivity index (χ0) is 13.4. The molecule has 2 aliphatic heterocycles. The molecule has 0 aliphatic carbocycles. The van der Waals surface area contributed by atoms with Crippen LogP contribution in [0.5, 0.6) is 11.5 Å². The van der Waals surface area contributed by atoms with E-state index in [9.17, 15) is 4.79 Å². The molecule has 2 unspecified atom stereocenters. The minimum Gasteiger partial charge on any atom is -0.454 e. The average Bonchev–Trinajstić information content (AvgIpc) is 2.88. The molecule has 1 fully saturated rings. The standard InChI is InChI=1S/C14H18N2O3/c1-9-10(2)16(6-5-15-9)14(17)11-3-4-12-13(7-11)19-8-18-12/h3-4,7,9-10,15H,5-6,8H2,1-2H3. The molecule has 2 atom stereocenters. The van der Waals surface area contributed by atoms with Crippen molar-refractivity contribution in [3.8, 4) is 11.5 Å². The molecule has 2 aliphatic rings. The molecule has 1 saturated heterocycles. The second-order valence-electron chi connectivity index (χ2n) is 5.05. The molecule has 5 heteroatoms. The van der Waals surface area contributed by atoms with Gasteiger partial charge in [-0.2, -0.15) is 0 Å². The van der Waals surface area contributed by atoms with Crippen LogP contribution in [0.3, 0.4) is 0 Å². The van der Waals surface area contributed by atoms with E-state index in [-0.39, 0.29) is 18.7 Å². The van der Waals surface area contributed by atoms with E-state index < -0.39 is 0 Å². The number of nitrogens with zero attached hydrogens (tertiary/aromatic N) is 1. The number of ether oxygens (including phenoxy) is 2. The molecule has 102 valence electrons. The summed E-state index contributed by atoms with van der Waals surface area (Å²) in [5.74, 6) is 1.42. The van der Waals surface area contributed by atoms with Gasteiger partial charge in [0, 0.05) is 30.7 Å². The minimum absolute atomic E-state index is 0.0548. The van der Waals surface area contributed by atoms with Gasteiger partial charge in [0.1, 0.15) is 0 Å². The number of hydrogen-bond acceptors (Lipinski definition) is 4. The Balaban J connectivity index is 1.83. The van der Waals surface area contributed by atoms with E-state index in [1.807, 2.05) is 4.90 Å². The SMILES string of the molecule is CC1NCCN(C(=O)c2ccc3c(c2)OCO3)C1C. The van der Waals surface area contributed by atoms with Gasteiger partial charge in [-0.25, -0.2) is 0 Å². The Labute approximate surface area is 112 Å². The van der Waals surface area contributed by atoms with Crippen LogP contribution >= 0.6 is 0 Å².